The average molecular weight is 225 g/mol. The van der Waals surface area contributed by atoms with Crippen molar-refractivity contribution in [2.75, 3.05) is 5.88 Å². The van der Waals surface area contributed by atoms with Crippen LogP contribution in [0, 0.1) is 0 Å². The Balaban J connectivity index is 2.96. The molecule has 1 unspecified atom stereocenters. The van der Waals surface area contributed by atoms with Gasteiger partial charge >= 0.3 is 0 Å². The lowest BCUT2D eigenvalue weighted by Gasteiger charge is -2.08. The second kappa shape index (κ2) is 4.33. The van der Waals surface area contributed by atoms with E-state index in [9.17, 15) is 0 Å². The number of hydrogen-bond donors (Lipinski definition) is 1. The van der Waals surface area contributed by atoms with Gasteiger partial charge in [-0.3, -0.25) is 0 Å². The van der Waals surface area contributed by atoms with Crippen LogP contribution in [0.2, 0.25) is 10.0 Å². The Kier molecular flexibility index (Phi) is 3.66. The third-order valence-electron chi connectivity index (χ3n) is 1.54. The number of rotatable bonds is 2. The molecule has 0 spiro atoms. The minimum Gasteiger partial charge on any atom is -0.323 e. The van der Waals surface area contributed by atoms with Gasteiger partial charge < -0.3 is 5.73 Å². The van der Waals surface area contributed by atoms with Crippen LogP contribution in [-0.2, 0) is 0 Å². The van der Waals surface area contributed by atoms with Crippen molar-refractivity contribution in [3.05, 3.63) is 33.8 Å². The molecule has 0 fully saturated rings. The maximum absolute atomic E-state index is 5.78. The predicted octanol–water partition coefficient (Wildman–Crippen LogP) is 3.23. The van der Waals surface area contributed by atoms with E-state index in [1.54, 1.807) is 12.1 Å². The first-order valence-corrected chi connectivity index (χ1v) is 4.70. The van der Waals surface area contributed by atoms with E-state index in [0.29, 0.717) is 15.9 Å². The van der Waals surface area contributed by atoms with Crippen LogP contribution in [0.5, 0.6) is 0 Å². The van der Waals surface area contributed by atoms with Crippen LogP contribution in [0.15, 0.2) is 18.2 Å². The lowest BCUT2D eigenvalue weighted by atomic mass is 10.1. The Morgan fingerprint density at radius 1 is 1.25 bits per heavy atom. The lowest BCUT2D eigenvalue weighted by molar-refractivity contribution is 0.826. The molecule has 66 valence electrons. The first kappa shape index (κ1) is 10.1. The molecule has 1 rings (SSSR count). The Hall–Kier alpha value is 0.0500. The van der Waals surface area contributed by atoms with Gasteiger partial charge in [0.25, 0.3) is 0 Å². The van der Waals surface area contributed by atoms with E-state index >= 15 is 0 Å². The average Bonchev–Trinajstić information content (AvgIpc) is 2.08. The van der Waals surface area contributed by atoms with E-state index < -0.39 is 0 Å². The zero-order chi connectivity index (χ0) is 9.14. The summed E-state index contributed by atoms with van der Waals surface area (Å²) in [7, 11) is 0. The molecular formula is C8H8Cl3N. The van der Waals surface area contributed by atoms with Gasteiger partial charge in [0.15, 0.2) is 0 Å². The molecule has 1 atom stereocenters. The van der Waals surface area contributed by atoms with Crippen molar-refractivity contribution in [3.63, 3.8) is 0 Å². The van der Waals surface area contributed by atoms with E-state index in [0.717, 1.165) is 5.56 Å². The summed E-state index contributed by atoms with van der Waals surface area (Å²) in [5, 5.41) is 1.04. The molecule has 12 heavy (non-hydrogen) atoms. The van der Waals surface area contributed by atoms with Crippen molar-refractivity contribution >= 4 is 34.8 Å². The van der Waals surface area contributed by atoms with Gasteiger partial charge in [0.1, 0.15) is 0 Å². The second-order valence-electron chi connectivity index (χ2n) is 2.43. The summed E-state index contributed by atoms with van der Waals surface area (Å²) >= 11 is 17.1. The summed E-state index contributed by atoms with van der Waals surface area (Å²) in [5.74, 6) is 0.373. The van der Waals surface area contributed by atoms with Crippen LogP contribution >= 0.6 is 34.8 Å². The molecule has 0 radical (unpaired) electrons. The van der Waals surface area contributed by atoms with Crippen molar-refractivity contribution < 1.29 is 0 Å². The van der Waals surface area contributed by atoms with Crippen LogP contribution in [-0.4, -0.2) is 5.88 Å². The fourth-order valence-electron chi connectivity index (χ4n) is 0.832. The quantitative estimate of drug-likeness (QED) is 0.767. The highest BCUT2D eigenvalue weighted by Gasteiger charge is 2.05. The van der Waals surface area contributed by atoms with Gasteiger partial charge in [-0.2, -0.15) is 0 Å². The number of alkyl halides is 1. The summed E-state index contributed by atoms with van der Waals surface area (Å²) in [4.78, 5) is 0. The smallest absolute Gasteiger partial charge is 0.0595 e. The lowest BCUT2D eigenvalue weighted by Crippen LogP contribution is -2.11. The molecule has 0 saturated carbocycles. The number of halogens is 3. The molecule has 0 amide bonds. The summed E-state index contributed by atoms with van der Waals surface area (Å²) in [6.07, 6.45) is 0. The standard InChI is InChI=1S/C8H8Cl3N/c9-4-8(12)5-1-2-6(10)7(11)3-5/h1-3,8H,4,12H2. The monoisotopic (exact) mass is 223 g/mol. The van der Waals surface area contributed by atoms with E-state index in [1.807, 2.05) is 6.07 Å². The van der Waals surface area contributed by atoms with Crippen LogP contribution in [0.4, 0.5) is 0 Å². The fourth-order valence-corrected chi connectivity index (χ4v) is 1.32. The SMILES string of the molecule is NC(CCl)c1ccc(Cl)c(Cl)c1. The van der Waals surface area contributed by atoms with Crippen LogP contribution in [0.3, 0.4) is 0 Å². The Labute approximate surface area is 86.4 Å². The minimum absolute atomic E-state index is 0.179. The fraction of sp³-hybridized carbons (Fsp3) is 0.250. The summed E-state index contributed by atoms with van der Waals surface area (Å²) < 4.78 is 0. The molecule has 1 nitrogen and oxygen atoms in total. The predicted molar refractivity (Wildman–Crippen MR) is 54.1 cm³/mol. The van der Waals surface area contributed by atoms with Crippen molar-refractivity contribution in [2.45, 2.75) is 6.04 Å². The van der Waals surface area contributed by atoms with Gasteiger partial charge in [-0.25, -0.2) is 0 Å². The van der Waals surface area contributed by atoms with Crippen molar-refractivity contribution in [3.8, 4) is 0 Å². The molecule has 0 aliphatic carbocycles. The first-order chi connectivity index (χ1) is 5.65. The van der Waals surface area contributed by atoms with Crippen LogP contribution in [0.1, 0.15) is 11.6 Å². The van der Waals surface area contributed by atoms with Crippen LogP contribution in [0.25, 0.3) is 0 Å². The molecule has 0 heterocycles. The second-order valence-corrected chi connectivity index (χ2v) is 3.56. The highest BCUT2D eigenvalue weighted by molar-refractivity contribution is 6.42. The molecule has 1 aromatic carbocycles. The Bertz CT molecular complexity index is 275. The topological polar surface area (TPSA) is 26.0 Å². The van der Waals surface area contributed by atoms with Crippen molar-refractivity contribution in [2.24, 2.45) is 5.73 Å². The van der Waals surface area contributed by atoms with Gasteiger partial charge in [-0.05, 0) is 17.7 Å². The summed E-state index contributed by atoms with van der Waals surface area (Å²) in [6.45, 7) is 0. The summed E-state index contributed by atoms with van der Waals surface area (Å²) in [5.41, 5.74) is 6.58. The van der Waals surface area contributed by atoms with Crippen molar-refractivity contribution in [1.29, 1.82) is 0 Å². The van der Waals surface area contributed by atoms with E-state index in [4.69, 9.17) is 40.5 Å². The molecule has 0 saturated heterocycles. The molecule has 1 aromatic rings. The zero-order valence-corrected chi connectivity index (χ0v) is 8.50. The molecule has 0 bridgehead atoms. The third-order valence-corrected chi connectivity index (χ3v) is 2.61. The highest BCUT2D eigenvalue weighted by atomic mass is 35.5. The van der Waals surface area contributed by atoms with Crippen molar-refractivity contribution in [1.82, 2.24) is 0 Å². The maximum Gasteiger partial charge on any atom is 0.0595 e. The molecular weight excluding hydrogens is 216 g/mol. The molecule has 4 heteroatoms. The first-order valence-electron chi connectivity index (χ1n) is 3.41. The van der Waals surface area contributed by atoms with E-state index in [-0.39, 0.29) is 6.04 Å². The molecule has 0 aliphatic rings. The van der Waals surface area contributed by atoms with E-state index in [2.05, 4.69) is 0 Å². The normalized spacial score (nSPS) is 13.0. The van der Waals surface area contributed by atoms with Gasteiger partial charge in [-0.15, -0.1) is 11.6 Å². The minimum atomic E-state index is -0.179. The van der Waals surface area contributed by atoms with E-state index in [1.165, 1.54) is 0 Å². The number of benzene rings is 1. The van der Waals surface area contributed by atoms with Gasteiger partial charge in [0, 0.05) is 11.9 Å². The molecule has 2 N–H and O–H groups in total. The number of nitrogens with two attached hydrogens (primary N) is 1. The van der Waals surface area contributed by atoms with Gasteiger partial charge in [-0.1, -0.05) is 29.3 Å². The third kappa shape index (κ3) is 2.27. The highest BCUT2D eigenvalue weighted by Crippen LogP contribution is 2.25. The number of hydrogen-bond acceptors (Lipinski definition) is 1. The van der Waals surface area contributed by atoms with Gasteiger partial charge in [0.05, 0.1) is 10.0 Å². The summed E-state index contributed by atoms with van der Waals surface area (Å²) in [6, 6.07) is 5.09. The Morgan fingerprint density at radius 3 is 2.42 bits per heavy atom. The molecule has 0 aliphatic heterocycles. The zero-order valence-electron chi connectivity index (χ0n) is 6.23. The maximum atomic E-state index is 5.78. The molecule has 0 aromatic heterocycles. The van der Waals surface area contributed by atoms with Gasteiger partial charge in [0.2, 0.25) is 0 Å². The Morgan fingerprint density at radius 2 is 1.92 bits per heavy atom. The largest absolute Gasteiger partial charge is 0.323 e. The van der Waals surface area contributed by atoms with Crippen LogP contribution < -0.4 is 5.73 Å².